The van der Waals surface area contributed by atoms with Gasteiger partial charge in [0.25, 0.3) is 11.8 Å². The number of hydrogen-bond donors (Lipinski definition) is 3. The fourth-order valence-corrected chi connectivity index (χ4v) is 5.34. The molecule has 9 heteroatoms. The molecule has 3 heterocycles. The van der Waals surface area contributed by atoms with Crippen LogP contribution < -0.4 is 10.6 Å². The fourth-order valence-electron chi connectivity index (χ4n) is 5.34. The van der Waals surface area contributed by atoms with Gasteiger partial charge in [0, 0.05) is 47.7 Å². The van der Waals surface area contributed by atoms with Gasteiger partial charge in [-0.3, -0.25) is 14.4 Å². The van der Waals surface area contributed by atoms with E-state index in [1.807, 2.05) is 18.7 Å². The molecule has 1 unspecified atom stereocenters. The van der Waals surface area contributed by atoms with Crippen molar-refractivity contribution in [1.82, 2.24) is 15.2 Å². The number of carbonyl (C=O) groups excluding carboxylic acids is 3. The van der Waals surface area contributed by atoms with Crippen LogP contribution in [0.25, 0.3) is 11.6 Å². The summed E-state index contributed by atoms with van der Waals surface area (Å²) in [4.78, 5) is 43.5. The average molecular weight is 481 g/mol. The molecule has 1 aromatic carbocycles. The molecule has 2 atom stereocenters. The molecule has 1 aliphatic carbocycles. The molecule has 0 spiro atoms. The highest BCUT2D eigenvalue weighted by Gasteiger charge is 2.34. The molecule has 1 saturated carbocycles. The summed E-state index contributed by atoms with van der Waals surface area (Å²) in [5, 5.41) is 5.84. The van der Waals surface area contributed by atoms with Crippen molar-refractivity contribution < 1.29 is 23.5 Å². The van der Waals surface area contributed by atoms with E-state index in [-0.39, 0.29) is 29.7 Å². The summed E-state index contributed by atoms with van der Waals surface area (Å²) < 4.78 is 19.1. The van der Waals surface area contributed by atoms with E-state index in [2.05, 4.69) is 15.6 Å². The second-order valence-electron chi connectivity index (χ2n) is 9.48. The summed E-state index contributed by atoms with van der Waals surface area (Å²) in [6.07, 6.45) is 3.80. The molecule has 5 rings (SSSR count). The van der Waals surface area contributed by atoms with Crippen molar-refractivity contribution in [2.24, 2.45) is 5.92 Å². The molecule has 3 amide bonds. The monoisotopic (exact) mass is 480 g/mol. The maximum atomic E-state index is 13.8. The fraction of sp³-hybridized carbons (Fsp3) is 0.423. The Morgan fingerprint density at radius 2 is 1.97 bits per heavy atom. The number of halogens is 1. The first-order valence-corrected chi connectivity index (χ1v) is 12.0. The van der Waals surface area contributed by atoms with Gasteiger partial charge in [0.2, 0.25) is 5.91 Å². The predicted molar refractivity (Wildman–Crippen MR) is 129 cm³/mol. The summed E-state index contributed by atoms with van der Waals surface area (Å²) in [7, 11) is 0. The number of anilines is 1. The quantitative estimate of drug-likeness (QED) is 0.586. The smallest absolute Gasteiger partial charge is 0.256 e. The van der Waals surface area contributed by atoms with Crippen LogP contribution in [0.4, 0.5) is 10.1 Å². The number of H-pyrrole nitrogens is 1. The molecule has 2 aromatic rings. The zero-order valence-electron chi connectivity index (χ0n) is 19.9. The minimum absolute atomic E-state index is 0.0662. The highest BCUT2D eigenvalue weighted by atomic mass is 19.1. The van der Waals surface area contributed by atoms with Crippen molar-refractivity contribution in [3.05, 3.63) is 52.1 Å². The van der Waals surface area contributed by atoms with E-state index in [1.54, 1.807) is 6.08 Å². The third-order valence-corrected chi connectivity index (χ3v) is 7.20. The van der Waals surface area contributed by atoms with Crippen molar-refractivity contribution >= 4 is 35.1 Å². The molecule has 35 heavy (non-hydrogen) atoms. The Morgan fingerprint density at radius 3 is 2.74 bits per heavy atom. The lowest BCUT2D eigenvalue weighted by molar-refractivity contribution is -0.139. The number of aryl methyl sites for hydroxylation is 1. The van der Waals surface area contributed by atoms with Gasteiger partial charge in [-0.2, -0.15) is 0 Å². The number of ether oxygens (including phenoxy) is 1. The number of rotatable bonds is 4. The van der Waals surface area contributed by atoms with Crippen LogP contribution in [0.5, 0.6) is 0 Å². The first-order chi connectivity index (χ1) is 16.8. The van der Waals surface area contributed by atoms with Crippen LogP contribution in [0.3, 0.4) is 0 Å². The molecule has 1 saturated heterocycles. The summed E-state index contributed by atoms with van der Waals surface area (Å²) >= 11 is 0. The van der Waals surface area contributed by atoms with E-state index in [0.29, 0.717) is 72.1 Å². The molecule has 2 fully saturated rings. The van der Waals surface area contributed by atoms with Crippen molar-refractivity contribution in [2.45, 2.75) is 39.2 Å². The molecule has 3 N–H and O–H groups in total. The van der Waals surface area contributed by atoms with Gasteiger partial charge in [0.1, 0.15) is 5.82 Å². The molecule has 184 valence electrons. The minimum Gasteiger partial charge on any atom is -0.378 e. The van der Waals surface area contributed by atoms with Crippen molar-refractivity contribution in [3.8, 4) is 0 Å². The standard InChI is InChI=1S/C26H29FN4O4/c1-14-22(13-20-19-12-17(27)4-6-21(19)30-24(20)32)28-15(2)23(14)25(33)29-18-5-3-16(11-18)26(34)31-7-9-35-10-8-31/h4,6,12-13,16,18,28H,3,5,7-11H2,1-2H3,(H,29,33)(H,30,32)/t16?,18-/m0/s1. The second kappa shape index (κ2) is 9.30. The third kappa shape index (κ3) is 4.48. The zero-order valence-corrected chi connectivity index (χ0v) is 19.9. The number of carbonyl (C=O) groups is 3. The van der Waals surface area contributed by atoms with E-state index in [1.165, 1.54) is 18.2 Å². The van der Waals surface area contributed by atoms with Gasteiger partial charge in [-0.05, 0) is 62.9 Å². The van der Waals surface area contributed by atoms with Crippen LogP contribution in [0, 0.1) is 25.6 Å². The number of nitrogens with zero attached hydrogens (tertiary/aromatic N) is 1. The Morgan fingerprint density at radius 1 is 1.20 bits per heavy atom. The van der Waals surface area contributed by atoms with Crippen molar-refractivity contribution in [2.75, 3.05) is 31.6 Å². The maximum Gasteiger partial charge on any atom is 0.256 e. The molecule has 0 bridgehead atoms. The topological polar surface area (TPSA) is 104 Å². The first-order valence-electron chi connectivity index (χ1n) is 12.0. The van der Waals surface area contributed by atoms with E-state index < -0.39 is 5.82 Å². The lowest BCUT2D eigenvalue weighted by Gasteiger charge is -2.29. The third-order valence-electron chi connectivity index (χ3n) is 7.20. The molecule has 8 nitrogen and oxygen atoms in total. The van der Waals surface area contributed by atoms with Crippen molar-refractivity contribution in [1.29, 1.82) is 0 Å². The zero-order chi connectivity index (χ0) is 24.7. The molecule has 1 aromatic heterocycles. The summed E-state index contributed by atoms with van der Waals surface area (Å²) in [6, 6.07) is 4.10. The van der Waals surface area contributed by atoms with E-state index >= 15 is 0 Å². The molecular formula is C26H29FN4O4. The lowest BCUT2D eigenvalue weighted by atomic mass is 10.0. The van der Waals surface area contributed by atoms with Gasteiger partial charge >= 0.3 is 0 Å². The number of aromatic nitrogens is 1. The predicted octanol–water partition coefficient (Wildman–Crippen LogP) is 3.02. The van der Waals surface area contributed by atoms with Gasteiger partial charge in [0.05, 0.1) is 24.4 Å². The number of fused-ring (bicyclic) bond motifs is 1. The average Bonchev–Trinajstić information content (AvgIpc) is 3.50. The Bertz CT molecular complexity index is 1230. The van der Waals surface area contributed by atoms with Gasteiger partial charge in [-0.25, -0.2) is 4.39 Å². The van der Waals surface area contributed by atoms with Crippen LogP contribution in [0.15, 0.2) is 18.2 Å². The van der Waals surface area contributed by atoms with Gasteiger partial charge < -0.3 is 25.3 Å². The molecule has 3 aliphatic rings. The van der Waals surface area contributed by atoms with Crippen molar-refractivity contribution in [3.63, 3.8) is 0 Å². The number of morpholine rings is 1. The van der Waals surface area contributed by atoms with Crippen LogP contribution >= 0.6 is 0 Å². The minimum atomic E-state index is -0.424. The number of hydrogen-bond acceptors (Lipinski definition) is 4. The van der Waals surface area contributed by atoms with Gasteiger partial charge in [-0.15, -0.1) is 0 Å². The van der Waals surface area contributed by atoms with Crippen LogP contribution in [0.2, 0.25) is 0 Å². The summed E-state index contributed by atoms with van der Waals surface area (Å²) in [5.41, 5.74) is 3.95. The maximum absolute atomic E-state index is 13.8. The Kier molecular flexibility index (Phi) is 6.19. The molecule has 2 aliphatic heterocycles. The number of amides is 3. The number of nitrogens with one attached hydrogen (secondary N) is 3. The number of aromatic amines is 1. The van der Waals surface area contributed by atoms with Crippen LogP contribution in [-0.2, 0) is 14.3 Å². The van der Waals surface area contributed by atoms with Crippen LogP contribution in [0.1, 0.15) is 52.1 Å². The van der Waals surface area contributed by atoms with Gasteiger partial charge in [0.15, 0.2) is 0 Å². The highest BCUT2D eigenvalue weighted by Crippen LogP contribution is 2.34. The number of benzene rings is 1. The second-order valence-corrected chi connectivity index (χ2v) is 9.48. The normalized spacial score (nSPS) is 22.9. The Balaban J connectivity index is 1.30. The summed E-state index contributed by atoms with van der Waals surface area (Å²) in [5.74, 6) is -0.863. The Hall–Kier alpha value is -3.46. The summed E-state index contributed by atoms with van der Waals surface area (Å²) in [6.45, 7) is 6.04. The van der Waals surface area contributed by atoms with E-state index in [0.717, 1.165) is 12.8 Å². The van der Waals surface area contributed by atoms with Gasteiger partial charge in [-0.1, -0.05) is 0 Å². The van der Waals surface area contributed by atoms with E-state index in [4.69, 9.17) is 4.74 Å². The molecular weight excluding hydrogens is 451 g/mol. The first kappa shape index (κ1) is 23.3. The highest BCUT2D eigenvalue weighted by molar-refractivity contribution is 6.34. The lowest BCUT2D eigenvalue weighted by Crippen LogP contribution is -2.43. The largest absolute Gasteiger partial charge is 0.378 e. The molecule has 0 radical (unpaired) electrons. The van der Waals surface area contributed by atoms with Crippen LogP contribution in [-0.4, -0.2) is 60.0 Å². The van der Waals surface area contributed by atoms with E-state index in [9.17, 15) is 18.8 Å². The Labute approximate surface area is 202 Å². The SMILES string of the molecule is Cc1[nH]c(C=C2C(=O)Nc3ccc(F)cc32)c(C)c1C(=O)N[C@H]1CCC(C(=O)N2CCOCC2)C1.